The second-order valence-corrected chi connectivity index (χ2v) is 10.4. The first-order valence-electron chi connectivity index (χ1n) is 12.6. The molecule has 210 valence electrons. The molecule has 3 aromatic carbocycles. The third kappa shape index (κ3) is 7.25. The fourth-order valence-electron chi connectivity index (χ4n) is 3.87. The Bertz CT molecular complexity index is 1410. The van der Waals surface area contributed by atoms with Gasteiger partial charge in [0, 0.05) is 16.1 Å². The van der Waals surface area contributed by atoms with Crippen LogP contribution in [-0.2, 0) is 11.4 Å². The maximum atomic E-state index is 12.9. The number of carbonyl (C=O) groups excluding carboxylic acids is 2. The van der Waals surface area contributed by atoms with Gasteiger partial charge in [-0.15, -0.1) is 0 Å². The van der Waals surface area contributed by atoms with Crippen LogP contribution in [0.2, 0.25) is 5.02 Å². The lowest BCUT2D eigenvalue weighted by molar-refractivity contribution is -0.123. The van der Waals surface area contributed by atoms with Gasteiger partial charge >= 0.3 is 0 Å². The van der Waals surface area contributed by atoms with E-state index in [9.17, 15) is 9.59 Å². The summed E-state index contributed by atoms with van der Waals surface area (Å²) in [7, 11) is 0. The van der Waals surface area contributed by atoms with Gasteiger partial charge in [-0.2, -0.15) is 5.10 Å². The molecule has 1 aliphatic heterocycles. The van der Waals surface area contributed by atoms with Crippen LogP contribution in [0, 0.1) is 5.92 Å². The van der Waals surface area contributed by atoms with E-state index >= 15 is 0 Å². The maximum Gasteiger partial charge on any atom is 0.262 e. The Morgan fingerprint density at radius 3 is 2.62 bits per heavy atom. The summed E-state index contributed by atoms with van der Waals surface area (Å²) < 4.78 is 23.1. The molecule has 11 heteroatoms. The number of hydrazone groups is 1. The normalized spacial score (nSPS) is 12.8. The van der Waals surface area contributed by atoms with Crippen molar-refractivity contribution in [2.75, 3.05) is 13.4 Å². The summed E-state index contributed by atoms with van der Waals surface area (Å²) in [6.07, 6.45) is 1.49. The first kappa shape index (κ1) is 29.2. The number of nitrogens with zero attached hydrogens (tertiary/aromatic N) is 1. The van der Waals surface area contributed by atoms with Crippen molar-refractivity contribution in [1.82, 2.24) is 10.7 Å². The molecule has 1 unspecified atom stereocenters. The first-order valence-corrected chi connectivity index (χ1v) is 13.8. The monoisotopic (exact) mass is 629 g/mol. The van der Waals surface area contributed by atoms with E-state index in [1.807, 2.05) is 39.0 Å². The number of hydrogen-bond acceptors (Lipinski definition) is 7. The van der Waals surface area contributed by atoms with Crippen molar-refractivity contribution in [2.24, 2.45) is 11.0 Å². The number of amides is 2. The molecule has 4 rings (SSSR count). The zero-order chi connectivity index (χ0) is 28.6. The van der Waals surface area contributed by atoms with E-state index in [0.29, 0.717) is 50.2 Å². The number of hydrogen-bond donors (Lipinski definition) is 2. The third-order valence-corrected chi connectivity index (χ3v) is 6.88. The minimum Gasteiger partial charge on any atom is -0.490 e. The Labute approximate surface area is 245 Å². The molecule has 3 aromatic rings. The SMILES string of the molecule is CCOc1cc(C=NNC(=O)C(NC(=O)c2ccc3c(c2)OCO3)C(C)C)cc(Br)c1OCc1ccccc1Cl. The highest BCUT2D eigenvalue weighted by atomic mass is 79.9. The molecule has 2 N–H and O–H groups in total. The molecule has 0 bridgehead atoms. The van der Waals surface area contributed by atoms with Crippen molar-refractivity contribution in [2.45, 2.75) is 33.4 Å². The Balaban J connectivity index is 1.41. The van der Waals surface area contributed by atoms with E-state index < -0.39 is 17.9 Å². The number of rotatable bonds is 11. The molecule has 0 radical (unpaired) electrons. The van der Waals surface area contributed by atoms with Gasteiger partial charge in [0.25, 0.3) is 11.8 Å². The van der Waals surface area contributed by atoms with Crippen LogP contribution in [0.5, 0.6) is 23.0 Å². The molecule has 1 atom stereocenters. The Morgan fingerprint density at radius 1 is 1.10 bits per heavy atom. The lowest BCUT2D eigenvalue weighted by atomic mass is 10.0. The number of ether oxygens (including phenoxy) is 4. The van der Waals surface area contributed by atoms with Gasteiger partial charge < -0.3 is 24.3 Å². The number of carbonyl (C=O) groups is 2. The van der Waals surface area contributed by atoms with Crippen molar-refractivity contribution in [3.63, 3.8) is 0 Å². The molecule has 0 saturated heterocycles. The molecule has 40 heavy (non-hydrogen) atoms. The van der Waals surface area contributed by atoms with Crippen LogP contribution in [0.25, 0.3) is 0 Å². The average molecular weight is 631 g/mol. The topological polar surface area (TPSA) is 107 Å². The molecule has 9 nitrogen and oxygen atoms in total. The Hall–Kier alpha value is -3.76. The zero-order valence-electron chi connectivity index (χ0n) is 22.2. The summed E-state index contributed by atoms with van der Waals surface area (Å²) in [6, 6.07) is 15.0. The van der Waals surface area contributed by atoms with Gasteiger partial charge in [0.15, 0.2) is 23.0 Å². The van der Waals surface area contributed by atoms with Gasteiger partial charge in [-0.1, -0.05) is 43.6 Å². The molecule has 0 aromatic heterocycles. The standard InChI is InChI=1S/C29H29BrClN3O6/c1-4-37-25-12-18(11-21(30)27(25)38-15-20-7-5-6-8-22(20)31)14-32-34-29(36)26(17(2)3)33-28(35)19-9-10-23-24(13-19)40-16-39-23/h5-14,17,26H,4,15-16H2,1-3H3,(H,33,35)(H,34,36). The van der Waals surface area contributed by atoms with Crippen LogP contribution in [0.3, 0.4) is 0 Å². The largest absolute Gasteiger partial charge is 0.490 e. The molecular formula is C29H29BrClN3O6. The van der Waals surface area contributed by atoms with E-state index in [-0.39, 0.29) is 19.3 Å². The van der Waals surface area contributed by atoms with Crippen LogP contribution in [0.15, 0.2) is 64.2 Å². The summed E-state index contributed by atoms with van der Waals surface area (Å²) in [5, 5.41) is 7.49. The summed E-state index contributed by atoms with van der Waals surface area (Å²) in [6.45, 7) is 6.33. The summed E-state index contributed by atoms with van der Waals surface area (Å²) in [5.41, 5.74) is 4.38. The number of nitrogens with one attached hydrogen (secondary N) is 2. The van der Waals surface area contributed by atoms with E-state index in [2.05, 4.69) is 31.8 Å². The minimum absolute atomic E-state index is 0.108. The van der Waals surface area contributed by atoms with Gasteiger partial charge in [-0.25, -0.2) is 5.43 Å². The highest BCUT2D eigenvalue weighted by molar-refractivity contribution is 9.10. The van der Waals surface area contributed by atoms with Gasteiger partial charge in [0.1, 0.15) is 12.6 Å². The molecular weight excluding hydrogens is 602 g/mol. The molecule has 0 saturated carbocycles. The van der Waals surface area contributed by atoms with E-state index in [0.717, 1.165) is 5.56 Å². The van der Waals surface area contributed by atoms with Crippen molar-refractivity contribution >= 4 is 45.6 Å². The fraction of sp³-hybridized carbons (Fsp3) is 0.276. The predicted molar refractivity (Wildman–Crippen MR) is 155 cm³/mol. The van der Waals surface area contributed by atoms with Gasteiger partial charge in [0.05, 0.1) is 17.3 Å². The lowest BCUT2D eigenvalue weighted by Crippen LogP contribution is -2.48. The molecule has 0 fully saturated rings. The Kier molecular flexibility index (Phi) is 9.89. The molecule has 0 aliphatic carbocycles. The summed E-state index contributed by atoms with van der Waals surface area (Å²) >= 11 is 9.79. The van der Waals surface area contributed by atoms with E-state index in [1.54, 1.807) is 36.4 Å². The van der Waals surface area contributed by atoms with Crippen LogP contribution >= 0.6 is 27.5 Å². The third-order valence-electron chi connectivity index (χ3n) is 5.92. The second-order valence-electron chi connectivity index (χ2n) is 9.14. The molecule has 1 heterocycles. The van der Waals surface area contributed by atoms with Crippen LogP contribution in [-0.4, -0.2) is 37.5 Å². The lowest BCUT2D eigenvalue weighted by Gasteiger charge is -2.20. The van der Waals surface area contributed by atoms with Crippen molar-refractivity contribution < 1.29 is 28.5 Å². The molecule has 0 spiro atoms. The van der Waals surface area contributed by atoms with Crippen LogP contribution in [0.1, 0.15) is 42.3 Å². The van der Waals surface area contributed by atoms with Crippen molar-refractivity contribution in [3.8, 4) is 23.0 Å². The second kappa shape index (κ2) is 13.5. The van der Waals surface area contributed by atoms with E-state index in [1.165, 1.54) is 6.21 Å². The maximum absolute atomic E-state index is 12.9. The number of fused-ring (bicyclic) bond motifs is 1. The molecule has 1 aliphatic rings. The van der Waals surface area contributed by atoms with Crippen molar-refractivity contribution in [3.05, 3.63) is 80.8 Å². The van der Waals surface area contributed by atoms with E-state index in [4.69, 9.17) is 30.5 Å². The fourth-order valence-corrected chi connectivity index (χ4v) is 4.63. The van der Waals surface area contributed by atoms with Gasteiger partial charge in [-0.05, 0) is 70.7 Å². The highest BCUT2D eigenvalue weighted by Crippen LogP contribution is 2.37. The smallest absolute Gasteiger partial charge is 0.262 e. The first-order chi connectivity index (χ1) is 19.3. The number of benzene rings is 3. The number of halogens is 2. The summed E-state index contributed by atoms with van der Waals surface area (Å²) in [5.74, 6) is 1.03. The van der Waals surface area contributed by atoms with Crippen LogP contribution < -0.4 is 29.7 Å². The van der Waals surface area contributed by atoms with Gasteiger partial charge in [-0.3, -0.25) is 9.59 Å². The zero-order valence-corrected chi connectivity index (χ0v) is 24.5. The quantitative estimate of drug-likeness (QED) is 0.208. The minimum atomic E-state index is -0.818. The van der Waals surface area contributed by atoms with Gasteiger partial charge in [0.2, 0.25) is 6.79 Å². The average Bonchev–Trinajstić information content (AvgIpc) is 3.40. The predicted octanol–water partition coefficient (Wildman–Crippen LogP) is 5.71. The Morgan fingerprint density at radius 2 is 1.88 bits per heavy atom. The van der Waals surface area contributed by atoms with Crippen LogP contribution in [0.4, 0.5) is 0 Å². The molecule has 2 amide bonds. The summed E-state index contributed by atoms with van der Waals surface area (Å²) in [4.78, 5) is 25.7. The van der Waals surface area contributed by atoms with Crippen molar-refractivity contribution in [1.29, 1.82) is 0 Å². The highest BCUT2D eigenvalue weighted by Gasteiger charge is 2.25.